The Morgan fingerprint density at radius 1 is 1.18 bits per heavy atom. The molecule has 0 atom stereocenters. The predicted octanol–water partition coefficient (Wildman–Crippen LogP) is 1.83. The maximum Gasteiger partial charge on any atom is 0.332 e. The molecule has 1 aromatic carbocycles. The summed E-state index contributed by atoms with van der Waals surface area (Å²) in [7, 11) is 3.02. The first-order valence-corrected chi connectivity index (χ1v) is 9.48. The highest BCUT2D eigenvalue weighted by molar-refractivity contribution is 7.17. The highest BCUT2D eigenvalue weighted by Crippen LogP contribution is 2.25. The van der Waals surface area contributed by atoms with Crippen LogP contribution in [0.2, 0.25) is 0 Å². The number of aromatic nitrogens is 2. The molecule has 0 saturated carbocycles. The molecule has 0 aliphatic heterocycles. The maximum absolute atomic E-state index is 12.8. The lowest BCUT2D eigenvalue weighted by atomic mass is 10.2. The zero-order valence-electron chi connectivity index (χ0n) is 15.9. The van der Waals surface area contributed by atoms with E-state index in [9.17, 15) is 14.4 Å². The minimum atomic E-state index is -0.542. The molecule has 3 rings (SSSR count). The number of ether oxygens (including phenoxy) is 2. The Hall–Kier alpha value is -2.91. The van der Waals surface area contributed by atoms with E-state index in [2.05, 4.69) is 5.32 Å². The molecule has 2 aromatic heterocycles. The summed E-state index contributed by atoms with van der Waals surface area (Å²) in [5.74, 6) is 0.132. The molecule has 28 heavy (non-hydrogen) atoms. The molecule has 1 amide bonds. The summed E-state index contributed by atoms with van der Waals surface area (Å²) in [4.78, 5) is 38.1. The van der Waals surface area contributed by atoms with Gasteiger partial charge in [0.15, 0.2) is 0 Å². The zero-order chi connectivity index (χ0) is 20.3. The van der Waals surface area contributed by atoms with E-state index in [0.29, 0.717) is 21.7 Å². The van der Waals surface area contributed by atoms with Gasteiger partial charge < -0.3 is 14.8 Å². The number of thiophene rings is 1. The van der Waals surface area contributed by atoms with Crippen molar-refractivity contribution in [2.45, 2.75) is 20.0 Å². The Morgan fingerprint density at radius 3 is 2.68 bits per heavy atom. The number of benzene rings is 1. The molecule has 0 aliphatic carbocycles. The normalized spacial score (nSPS) is 11.0. The molecule has 0 radical (unpaired) electrons. The second kappa shape index (κ2) is 8.41. The van der Waals surface area contributed by atoms with E-state index in [1.807, 2.05) is 13.0 Å². The first kappa shape index (κ1) is 19.8. The molecule has 0 aliphatic rings. The third-order valence-electron chi connectivity index (χ3n) is 4.29. The first-order chi connectivity index (χ1) is 13.5. The molecule has 0 fully saturated rings. The van der Waals surface area contributed by atoms with Crippen molar-refractivity contribution in [3.8, 4) is 5.75 Å². The van der Waals surface area contributed by atoms with Crippen LogP contribution in [0.25, 0.3) is 10.2 Å². The van der Waals surface area contributed by atoms with Gasteiger partial charge in [-0.15, -0.1) is 11.3 Å². The summed E-state index contributed by atoms with van der Waals surface area (Å²) in [6, 6.07) is 7.10. The monoisotopic (exact) mass is 403 g/mol. The van der Waals surface area contributed by atoms with E-state index in [0.717, 1.165) is 10.1 Å². The number of aryl methyl sites for hydroxylation is 1. The zero-order valence-corrected chi connectivity index (χ0v) is 16.7. The van der Waals surface area contributed by atoms with Crippen LogP contribution in [-0.2, 0) is 22.6 Å². The van der Waals surface area contributed by atoms with E-state index in [1.165, 1.54) is 30.1 Å². The molecule has 0 bridgehead atoms. The quantitative estimate of drug-likeness (QED) is 0.650. The molecular weight excluding hydrogens is 382 g/mol. The van der Waals surface area contributed by atoms with Crippen LogP contribution in [0.15, 0.2) is 39.2 Å². The molecule has 8 nitrogen and oxygen atoms in total. The Bertz CT molecular complexity index is 1130. The number of hydrogen-bond donors (Lipinski definition) is 1. The summed E-state index contributed by atoms with van der Waals surface area (Å²) in [6.07, 6.45) is 0. The lowest BCUT2D eigenvalue weighted by Crippen LogP contribution is -2.42. The largest absolute Gasteiger partial charge is 0.495 e. The van der Waals surface area contributed by atoms with Crippen LogP contribution in [0, 0.1) is 6.92 Å². The van der Waals surface area contributed by atoms with E-state index in [4.69, 9.17) is 9.47 Å². The van der Waals surface area contributed by atoms with Gasteiger partial charge in [-0.2, -0.15) is 0 Å². The number of rotatable bonds is 7. The van der Waals surface area contributed by atoms with Crippen LogP contribution in [0.3, 0.4) is 0 Å². The molecule has 3 aromatic rings. The Kier molecular flexibility index (Phi) is 5.96. The van der Waals surface area contributed by atoms with Crippen molar-refractivity contribution in [1.82, 2.24) is 9.13 Å². The van der Waals surface area contributed by atoms with Crippen LogP contribution < -0.4 is 21.3 Å². The van der Waals surface area contributed by atoms with Crippen LogP contribution in [0.4, 0.5) is 5.69 Å². The smallest absolute Gasteiger partial charge is 0.332 e. The summed E-state index contributed by atoms with van der Waals surface area (Å²) >= 11 is 1.24. The lowest BCUT2D eigenvalue weighted by molar-refractivity contribution is -0.116. The topological polar surface area (TPSA) is 91.6 Å². The third kappa shape index (κ3) is 3.85. The van der Waals surface area contributed by atoms with Gasteiger partial charge in [-0.3, -0.25) is 18.7 Å². The summed E-state index contributed by atoms with van der Waals surface area (Å²) in [6.45, 7) is 2.02. The van der Waals surface area contributed by atoms with E-state index in [1.54, 1.807) is 23.6 Å². The maximum atomic E-state index is 12.8. The molecule has 0 spiro atoms. The van der Waals surface area contributed by atoms with Gasteiger partial charge in [0.1, 0.15) is 17.0 Å². The summed E-state index contributed by atoms with van der Waals surface area (Å²) in [5, 5.41) is 4.51. The molecule has 0 saturated heterocycles. The van der Waals surface area contributed by atoms with Gasteiger partial charge in [0.05, 0.1) is 31.5 Å². The molecule has 1 N–H and O–H groups in total. The van der Waals surface area contributed by atoms with Crippen LogP contribution in [0.1, 0.15) is 5.56 Å². The summed E-state index contributed by atoms with van der Waals surface area (Å²) in [5.41, 5.74) is 1.01. The first-order valence-electron chi connectivity index (χ1n) is 8.60. The standard InChI is InChI=1S/C19H21N3O5S/c1-12-4-5-15(27-3)13(10-12)20-16(23)11-22-14-6-9-28-17(14)18(24)21(19(22)25)7-8-26-2/h4-6,9-10H,7-8,11H2,1-3H3,(H,20,23). The van der Waals surface area contributed by atoms with Gasteiger partial charge in [0.2, 0.25) is 5.91 Å². The highest BCUT2D eigenvalue weighted by Gasteiger charge is 2.17. The Labute approximate surface area is 164 Å². The summed E-state index contributed by atoms with van der Waals surface area (Å²) < 4.78 is 13.1. The fourth-order valence-corrected chi connectivity index (χ4v) is 3.76. The Balaban J connectivity index is 1.97. The number of anilines is 1. The van der Waals surface area contributed by atoms with Crippen molar-refractivity contribution >= 4 is 33.1 Å². The lowest BCUT2D eigenvalue weighted by Gasteiger charge is -2.14. The van der Waals surface area contributed by atoms with E-state index >= 15 is 0 Å². The number of fused-ring (bicyclic) bond motifs is 1. The van der Waals surface area contributed by atoms with Crippen molar-refractivity contribution < 1.29 is 14.3 Å². The molecular formula is C19H21N3O5S. The average molecular weight is 403 g/mol. The Morgan fingerprint density at radius 2 is 1.96 bits per heavy atom. The van der Waals surface area contributed by atoms with Gasteiger partial charge in [-0.05, 0) is 36.1 Å². The van der Waals surface area contributed by atoms with Gasteiger partial charge in [-0.1, -0.05) is 6.07 Å². The van der Waals surface area contributed by atoms with Crippen molar-refractivity contribution in [3.05, 3.63) is 56.0 Å². The number of hydrogen-bond acceptors (Lipinski definition) is 6. The minimum Gasteiger partial charge on any atom is -0.495 e. The number of carbonyl (C=O) groups excluding carboxylic acids is 1. The van der Waals surface area contributed by atoms with E-state index in [-0.39, 0.29) is 25.3 Å². The highest BCUT2D eigenvalue weighted by atomic mass is 32.1. The fraction of sp³-hybridized carbons (Fsp3) is 0.316. The molecule has 2 heterocycles. The number of nitrogens with one attached hydrogen (secondary N) is 1. The second-order valence-electron chi connectivity index (χ2n) is 6.21. The predicted molar refractivity (Wildman–Crippen MR) is 109 cm³/mol. The van der Waals surface area contributed by atoms with Crippen molar-refractivity contribution in [2.24, 2.45) is 0 Å². The molecule has 148 valence electrons. The van der Waals surface area contributed by atoms with Crippen LogP contribution in [0.5, 0.6) is 5.75 Å². The average Bonchev–Trinajstić information content (AvgIpc) is 3.15. The van der Waals surface area contributed by atoms with Crippen molar-refractivity contribution in [3.63, 3.8) is 0 Å². The molecule has 0 unspecified atom stereocenters. The van der Waals surface area contributed by atoms with Crippen LogP contribution in [-0.4, -0.2) is 35.9 Å². The third-order valence-corrected chi connectivity index (χ3v) is 5.18. The van der Waals surface area contributed by atoms with E-state index < -0.39 is 11.6 Å². The molecule has 9 heteroatoms. The van der Waals surface area contributed by atoms with Gasteiger partial charge >= 0.3 is 5.69 Å². The van der Waals surface area contributed by atoms with Crippen LogP contribution >= 0.6 is 11.3 Å². The van der Waals surface area contributed by atoms with Crippen molar-refractivity contribution in [2.75, 3.05) is 26.1 Å². The van der Waals surface area contributed by atoms with Crippen molar-refractivity contribution in [1.29, 1.82) is 0 Å². The second-order valence-corrected chi connectivity index (χ2v) is 7.12. The minimum absolute atomic E-state index is 0.120. The number of nitrogens with zero attached hydrogens (tertiary/aromatic N) is 2. The SMILES string of the molecule is COCCn1c(=O)c2sccc2n(CC(=O)Nc2cc(C)ccc2OC)c1=O. The number of methoxy groups -OCH3 is 2. The van der Waals surface area contributed by atoms with Gasteiger partial charge in [0, 0.05) is 7.11 Å². The van der Waals surface area contributed by atoms with Gasteiger partial charge in [0.25, 0.3) is 5.56 Å². The fourth-order valence-electron chi connectivity index (χ4n) is 2.92. The van der Waals surface area contributed by atoms with Gasteiger partial charge in [-0.25, -0.2) is 4.79 Å². The number of amides is 1. The number of carbonyl (C=O) groups is 1.